The number of aryl methyl sites for hydroxylation is 3. The minimum Gasteiger partial charge on any atom is -0.366 e. The van der Waals surface area contributed by atoms with Crippen LogP contribution in [0.5, 0.6) is 0 Å². The maximum absolute atomic E-state index is 13.9. The van der Waals surface area contributed by atoms with E-state index in [2.05, 4.69) is 10.2 Å². The Balaban J connectivity index is 1.68. The minimum absolute atomic E-state index is 0.408. The number of nitrogens with one attached hydrogen (secondary N) is 1. The van der Waals surface area contributed by atoms with E-state index >= 15 is 0 Å². The maximum atomic E-state index is 13.9. The predicted octanol–water partition coefficient (Wildman–Crippen LogP) is 3.29. The highest BCUT2D eigenvalue weighted by Crippen LogP contribution is 2.21. The van der Waals surface area contributed by atoms with Gasteiger partial charge >= 0.3 is 5.82 Å². The van der Waals surface area contributed by atoms with E-state index in [9.17, 15) is 13.6 Å². The number of fused-ring (bicyclic) bond motifs is 1. The average molecular weight is 393 g/mol. The molecular weight excluding hydrogens is 374 g/mol. The standard InChI is InChI=1S/C22H18F2N4O/c1-13-2-5-16(21(25)29)10-18(13)22-27-26-20-9-4-14(12-28(20)22)3-6-15-7-8-17(23)11-19(15)24/h2,4-5,7-12H,3,6H2,1H3,(H2,25,29)/p+1. The zero-order chi connectivity index (χ0) is 20.5. The van der Waals surface area contributed by atoms with E-state index in [1.165, 1.54) is 12.1 Å². The van der Waals surface area contributed by atoms with Crippen molar-refractivity contribution in [1.29, 1.82) is 0 Å². The maximum Gasteiger partial charge on any atom is 0.313 e. The van der Waals surface area contributed by atoms with E-state index in [0.717, 1.165) is 28.4 Å². The number of hydrogen-bond acceptors (Lipinski definition) is 2. The molecule has 0 unspecified atom stereocenters. The van der Waals surface area contributed by atoms with E-state index in [1.807, 2.05) is 35.7 Å². The van der Waals surface area contributed by atoms with Crippen molar-refractivity contribution in [3.8, 4) is 11.4 Å². The lowest BCUT2D eigenvalue weighted by atomic mass is 10.0. The van der Waals surface area contributed by atoms with Crippen molar-refractivity contribution in [3.05, 3.63) is 88.6 Å². The number of rotatable bonds is 5. The lowest BCUT2D eigenvalue weighted by Crippen LogP contribution is -2.23. The molecule has 3 N–H and O–H groups in total. The number of primary amides is 1. The van der Waals surface area contributed by atoms with Crippen molar-refractivity contribution < 1.29 is 18.0 Å². The molecule has 0 fully saturated rings. The number of hydrogen-bond donors (Lipinski definition) is 2. The molecule has 0 aliphatic heterocycles. The summed E-state index contributed by atoms with van der Waals surface area (Å²) in [6, 6.07) is 12.7. The number of carbonyl (C=O) groups excluding carboxylic acids is 1. The molecular formula is C22H19F2N4O+. The number of benzene rings is 2. The first kappa shape index (κ1) is 18.7. The molecule has 0 aliphatic carbocycles. The van der Waals surface area contributed by atoms with Crippen LogP contribution in [0.4, 0.5) is 8.78 Å². The fraction of sp³-hybridized carbons (Fsp3) is 0.136. The van der Waals surface area contributed by atoms with Crippen LogP contribution in [0.15, 0.2) is 54.7 Å². The Hall–Kier alpha value is -3.61. The smallest absolute Gasteiger partial charge is 0.313 e. The van der Waals surface area contributed by atoms with E-state index < -0.39 is 17.5 Å². The number of amides is 1. The van der Waals surface area contributed by atoms with Gasteiger partial charge < -0.3 is 5.73 Å². The molecule has 4 rings (SSSR count). The Morgan fingerprint density at radius 1 is 1.10 bits per heavy atom. The van der Waals surface area contributed by atoms with Gasteiger partial charge in [0.2, 0.25) is 5.91 Å². The van der Waals surface area contributed by atoms with Crippen molar-refractivity contribution in [1.82, 2.24) is 10.2 Å². The summed E-state index contributed by atoms with van der Waals surface area (Å²) >= 11 is 0. The Morgan fingerprint density at radius 3 is 2.69 bits per heavy atom. The largest absolute Gasteiger partial charge is 0.366 e. The normalized spacial score (nSPS) is 11.1. The minimum atomic E-state index is -0.583. The lowest BCUT2D eigenvalue weighted by molar-refractivity contribution is -0.500. The van der Waals surface area contributed by atoms with Crippen molar-refractivity contribution in [2.45, 2.75) is 19.8 Å². The van der Waals surface area contributed by atoms with Gasteiger partial charge in [0.25, 0.3) is 5.65 Å². The van der Waals surface area contributed by atoms with Gasteiger partial charge in [0.05, 0.1) is 11.8 Å². The first-order valence-corrected chi connectivity index (χ1v) is 9.16. The molecule has 1 amide bonds. The molecule has 0 atom stereocenters. The number of aromatic nitrogens is 3. The van der Waals surface area contributed by atoms with Crippen LogP contribution in [0.3, 0.4) is 0 Å². The number of pyridine rings is 1. The molecule has 2 heterocycles. The van der Waals surface area contributed by atoms with Crippen molar-refractivity contribution in [2.75, 3.05) is 0 Å². The van der Waals surface area contributed by atoms with Crippen LogP contribution in [-0.4, -0.2) is 16.1 Å². The first-order valence-electron chi connectivity index (χ1n) is 9.16. The molecule has 2 aromatic heterocycles. The van der Waals surface area contributed by atoms with E-state index in [-0.39, 0.29) is 0 Å². The van der Waals surface area contributed by atoms with Crippen LogP contribution >= 0.6 is 0 Å². The van der Waals surface area contributed by atoms with Crippen LogP contribution in [0.25, 0.3) is 17.0 Å². The zero-order valence-corrected chi connectivity index (χ0v) is 15.7. The van der Waals surface area contributed by atoms with Crippen LogP contribution in [0.2, 0.25) is 0 Å². The van der Waals surface area contributed by atoms with Crippen LogP contribution in [0.1, 0.15) is 27.0 Å². The van der Waals surface area contributed by atoms with Gasteiger partial charge in [-0.05, 0) is 60.7 Å². The number of H-pyrrole nitrogens is 1. The monoisotopic (exact) mass is 393 g/mol. The molecule has 0 aliphatic rings. The summed E-state index contributed by atoms with van der Waals surface area (Å²) in [6.07, 6.45) is 2.95. The quantitative estimate of drug-likeness (QED) is 0.511. The molecule has 29 heavy (non-hydrogen) atoms. The van der Waals surface area contributed by atoms with Gasteiger partial charge in [0, 0.05) is 22.8 Å². The molecule has 4 aromatic rings. The third-order valence-corrected chi connectivity index (χ3v) is 4.98. The second-order valence-electron chi connectivity index (χ2n) is 6.97. The molecule has 7 heteroatoms. The van der Waals surface area contributed by atoms with Gasteiger partial charge in [-0.1, -0.05) is 12.1 Å². The molecule has 2 aromatic carbocycles. The summed E-state index contributed by atoms with van der Waals surface area (Å²) in [6.45, 7) is 1.93. The number of halogens is 2. The first-order chi connectivity index (χ1) is 13.9. The Kier molecular flexibility index (Phi) is 4.80. The Bertz CT molecular complexity index is 1230. The van der Waals surface area contributed by atoms with Gasteiger partial charge in [0.15, 0.2) is 0 Å². The fourth-order valence-corrected chi connectivity index (χ4v) is 3.33. The highest BCUT2D eigenvalue weighted by atomic mass is 19.1. The average Bonchev–Trinajstić information content (AvgIpc) is 3.10. The third kappa shape index (κ3) is 3.71. The Morgan fingerprint density at radius 2 is 1.93 bits per heavy atom. The van der Waals surface area contributed by atoms with Crippen LogP contribution in [-0.2, 0) is 12.8 Å². The summed E-state index contributed by atoms with van der Waals surface area (Å²) in [5.74, 6) is -0.977. The number of aromatic amines is 1. The van der Waals surface area contributed by atoms with E-state index in [0.29, 0.717) is 29.8 Å². The Labute approximate surface area is 165 Å². The van der Waals surface area contributed by atoms with E-state index in [4.69, 9.17) is 5.73 Å². The summed E-state index contributed by atoms with van der Waals surface area (Å²) in [5.41, 5.74) is 9.78. The third-order valence-electron chi connectivity index (χ3n) is 4.98. The van der Waals surface area contributed by atoms with Crippen LogP contribution in [0, 0.1) is 18.6 Å². The molecule has 5 nitrogen and oxygen atoms in total. The lowest BCUT2D eigenvalue weighted by Gasteiger charge is -2.05. The van der Waals surface area contributed by atoms with Gasteiger partial charge in [-0.3, -0.25) is 4.79 Å². The number of carbonyl (C=O) groups is 1. The molecule has 146 valence electrons. The SMILES string of the molecule is Cc1ccc(C(N)=O)cc1-c1n[nH]c2ccc(CCc3ccc(F)cc3F)c[n+]12. The number of nitrogens with zero attached hydrogens (tertiary/aromatic N) is 2. The molecule has 0 radical (unpaired) electrons. The summed E-state index contributed by atoms with van der Waals surface area (Å²) in [7, 11) is 0. The highest BCUT2D eigenvalue weighted by Gasteiger charge is 2.19. The molecule has 0 bridgehead atoms. The summed E-state index contributed by atoms with van der Waals surface area (Å²) in [5, 5.41) is 7.37. The molecule has 0 saturated carbocycles. The molecule has 0 saturated heterocycles. The van der Waals surface area contributed by atoms with Crippen molar-refractivity contribution in [2.24, 2.45) is 5.73 Å². The predicted molar refractivity (Wildman–Crippen MR) is 104 cm³/mol. The topological polar surface area (TPSA) is 75.9 Å². The van der Waals surface area contributed by atoms with Gasteiger partial charge in [-0.2, -0.15) is 4.40 Å². The van der Waals surface area contributed by atoms with E-state index in [1.54, 1.807) is 12.1 Å². The highest BCUT2D eigenvalue weighted by molar-refractivity contribution is 5.94. The van der Waals surface area contributed by atoms with Crippen molar-refractivity contribution >= 4 is 11.6 Å². The zero-order valence-electron chi connectivity index (χ0n) is 15.7. The van der Waals surface area contributed by atoms with Crippen molar-refractivity contribution in [3.63, 3.8) is 0 Å². The van der Waals surface area contributed by atoms with Crippen LogP contribution < -0.4 is 10.1 Å². The van der Waals surface area contributed by atoms with Gasteiger partial charge in [-0.15, -0.1) is 5.10 Å². The summed E-state index contributed by atoms with van der Waals surface area (Å²) in [4.78, 5) is 11.6. The second-order valence-corrected chi connectivity index (χ2v) is 6.97. The van der Waals surface area contributed by atoms with Gasteiger partial charge in [0.1, 0.15) is 11.6 Å². The summed E-state index contributed by atoms with van der Waals surface area (Å²) < 4.78 is 28.9. The fourth-order valence-electron chi connectivity index (χ4n) is 3.33. The molecule has 0 spiro atoms. The second kappa shape index (κ2) is 7.43. The van der Waals surface area contributed by atoms with Gasteiger partial charge in [-0.25, -0.2) is 8.78 Å². The number of nitrogens with two attached hydrogens (primary N) is 1.